The van der Waals surface area contributed by atoms with Gasteiger partial charge in [0, 0.05) is 0 Å². The number of rotatable bonds is 4. The molecular weight excluding hydrogens is 243 g/mol. The number of halogens is 1. The number of ether oxygens (including phenoxy) is 1. The zero-order valence-electron chi connectivity index (χ0n) is 5.97. The van der Waals surface area contributed by atoms with Gasteiger partial charge in [-0.25, -0.2) is 0 Å². The lowest BCUT2D eigenvalue weighted by atomic mass is 10.4. The van der Waals surface area contributed by atoms with Crippen molar-refractivity contribution < 1.29 is 9.53 Å². The van der Waals surface area contributed by atoms with E-state index in [4.69, 9.17) is 4.74 Å². The molecule has 0 aromatic heterocycles. The van der Waals surface area contributed by atoms with E-state index in [1.165, 1.54) is 0 Å². The average molecular weight is 254 g/mol. The molecule has 10 heavy (non-hydrogen) atoms. The van der Waals surface area contributed by atoms with Gasteiger partial charge in [-0.1, -0.05) is 41.7 Å². The second-order valence-corrected chi connectivity index (χ2v) is 2.46. The molecule has 0 radical (unpaired) electrons. The Morgan fingerprint density at radius 3 is 2.80 bits per heavy atom. The number of hydrogen-bond acceptors (Lipinski definition) is 2. The highest BCUT2D eigenvalue weighted by Gasteiger charge is 1.94. The van der Waals surface area contributed by atoms with Gasteiger partial charge in [-0.15, -0.1) is 0 Å². The van der Waals surface area contributed by atoms with Crippen LogP contribution in [0.25, 0.3) is 0 Å². The number of esters is 1. The smallest absolute Gasteiger partial charge is 0.316 e. The Hall–Kier alpha value is -0.0600. The fourth-order valence-corrected chi connectivity index (χ4v) is 0.635. The summed E-state index contributed by atoms with van der Waals surface area (Å²) in [5.41, 5.74) is 0. The Morgan fingerprint density at radius 2 is 2.30 bits per heavy atom. The van der Waals surface area contributed by atoms with Gasteiger partial charge < -0.3 is 4.74 Å². The number of carbonyl (C=O) groups excluding carboxylic acids is 1. The minimum Gasteiger partial charge on any atom is -0.461 e. The largest absolute Gasteiger partial charge is 0.461 e. The van der Waals surface area contributed by atoms with E-state index in [2.05, 4.69) is 0 Å². The maximum atomic E-state index is 10.5. The van der Waals surface area contributed by atoms with Crippen molar-refractivity contribution >= 4 is 28.6 Å². The lowest BCUT2D eigenvalue weighted by Gasteiger charge is -1.95. The van der Waals surface area contributed by atoms with Gasteiger partial charge in [0.1, 0.15) is 6.61 Å². The number of alkyl halides is 1. The van der Waals surface area contributed by atoms with Crippen LogP contribution < -0.4 is 0 Å². The van der Waals surface area contributed by atoms with E-state index in [1.807, 2.05) is 41.7 Å². The fraction of sp³-hybridized carbons (Fsp3) is 0.571. The van der Waals surface area contributed by atoms with Crippen LogP contribution in [0.3, 0.4) is 0 Å². The molecule has 0 spiro atoms. The Bertz CT molecular complexity index is 121. The van der Waals surface area contributed by atoms with Gasteiger partial charge >= 0.3 is 5.97 Å². The topological polar surface area (TPSA) is 26.3 Å². The molecule has 0 N–H and O–H groups in total. The van der Waals surface area contributed by atoms with Crippen LogP contribution in [0, 0.1) is 0 Å². The van der Waals surface area contributed by atoms with E-state index in [-0.39, 0.29) is 5.97 Å². The SMILES string of the molecule is CC/C=C\COC(=O)CI. The predicted molar refractivity (Wildman–Crippen MR) is 49.3 cm³/mol. The number of allylic oxidation sites excluding steroid dienone is 1. The van der Waals surface area contributed by atoms with Crippen molar-refractivity contribution in [2.24, 2.45) is 0 Å². The highest BCUT2D eigenvalue weighted by atomic mass is 127. The van der Waals surface area contributed by atoms with Gasteiger partial charge in [-0.2, -0.15) is 0 Å². The van der Waals surface area contributed by atoms with Crippen LogP contribution in [-0.4, -0.2) is 17.0 Å². The van der Waals surface area contributed by atoms with Crippen LogP contribution in [0.1, 0.15) is 13.3 Å². The third-order valence-electron chi connectivity index (χ3n) is 0.852. The first-order valence-electron chi connectivity index (χ1n) is 3.17. The van der Waals surface area contributed by atoms with E-state index in [0.29, 0.717) is 11.0 Å². The first kappa shape index (κ1) is 9.94. The molecule has 0 atom stereocenters. The molecule has 0 fully saturated rings. The quantitative estimate of drug-likeness (QED) is 0.331. The summed E-state index contributed by atoms with van der Waals surface area (Å²) in [6.45, 7) is 2.45. The summed E-state index contributed by atoms with van der Waals surface area (Å²) in [6, 6.07) is 0. The third kappa shape index (κ3) is 6.07. The van der Waals surface area contributed by atoms with Gasteiger partial charge in [0.15, 0.2) is 0 Å². The molecule has 0 saturated carbocycles. The molecule has 58 valence electrons. The van der Waals surface area contributed by atoms with E-state index in [9.17, 15) is 4.79 Å². The monoisotopic (exact) mass is 254 g/mol. The Balaban J connectivity index is 3.19. The molecule has 0 aromatic rings. The normalized spacial score (nSPS) is 10.2. The van der Waals surface area contributed by atoms with E-state index in [0.717, 1.165) is 6.42 Å². The van der Waals surface area contributed by atoms with Crippen molar-refractivity contribution in [2.45, 2.75) is 13.3 Å². The molecule has 0 aromatic carbocycles. The van der Waals surface area contributed by atoms with Gasteiger partial charge in [0.2, 0.25) is 0 Å². The minimum absolute atomic E-state index is 0.152. The molecule has 0 bridgehead atoms. The molecule has 0 unspecified atom stereocenters. The van der Waals surface area contributed by atoms with Crippen LogP contribution >= 0.6 is 22.6 Å². The Labute approximate surface area is 74.8 Å². The summed E-state index contributed by atoms with van der Waals surface area (Å²) in [6.07, 6.45) is 4.81. The molecule has 0 rings (SSSR count). The van der Waals surface area contributed by atoms with Crippen LogP contribution in [0.2, 0.25) is 0 Å². The summed E-state index contributed by atoms with van der Waals surface area (Å²) in [4.78, 5) is 10.5. The van der Waals surface area contributed by atoms with Crippen LogP contribution in [-0.2, 0) is 9.53 Å². The van der Waals surface area contributed by atoms with E-state index < -0.39 is 0 Å². The Morgan fingerprint density at radius 1 is 1.60 bits per heavy atom. The average Bonchev–Trinajstić information content (AvgIpc) is 1.98. The van der Waals surface area contributed by atoms with Gasteiger partial charge in [-0.05, 0) is 6.42 Å². The van der Waals surface area contributed by atoms with Crippen LogP contribution in [0.4, 0.5) is 0 Å². The van der Waals surface area contributed by atoms with E-state index >= 15 is 0 Å². The van der Waals surface area contributed by atoms with Gasteiger partial charge in [-0.3, -0.25) is 4.79 Å². The van der Waals surface area contributed by atoms with Gasteiger partial charge in [0.05, 0.1) is 4.43 Å². The van der Waals surface area contributed by atoms with Crippen LogP contribution in [0.15, 0.2) is 12.2 Å². The van der Waals surface area contributed by atoms with Crippen molar-refractivity contribution in [1.29, 1.82) is 0 Å². The lowest BCUT2D eigenvalue weighted by molar-refractivity contribution is -0.138. The maximum Gasteiger partial charge on any atom is 0.316 e. The summed E-state index contributed by atoms with van der Waals surface area (Å²) in [5, 5.41) is 0. The summed E-state index contributed by atoms with van der Waals surface area (Å²) in [7, 11) is 0. The second-order valence-electron chi connectivity index (χ2n) is 1.70. The third-order valence-corrected chi connectivity index (χ3v) is 1.47. The molecule has 3 heteroatoms. The molecule has 0 aliphatic heterocycles. The summed E-state index contributed by atoms with van der Waals surface area (Å²) >= 11 is 1.98. The lowest BCUT2D eigenvalue weighted by Crippen LogP contribution is -2.04. The Kier molecular flexibility index (Phi) is 7.01. The second kappa shape index (κ2) is 7.05. The highest BCUT2D eigenvalue weighted by Crippen LogP contribution is 1.87. The molecule has 2 nitrogen and oxygen atoms in total. The highest BCUT2D eigenvalue weighted by molar-refractivity contribution is 14.1. The van der Waals surface area contributed by atoms with Crippen molar-refractivity contribution in [3.8, 4) is 0 Å². The molecule has 0 aliphatic carbocycles. The first-order chi connectivity index (χ1) is 4.81. The number of carbonyl (C=O) groups is 1. The zero-order chi connectivity index (χ0) is 7.82. The van der Waals surface area contributed by atoms with Crippen molar-refractivity contribution in [2.75, 3.05) is 11.0 Å². The van der Waals surface area contributed by atoms with Crippen molar-refractivity contribution in [3.05, 3.63) is 12.2 Å². The molecule has 0 heterocycles. The van der Waals surface area contributed by atoms with Crippen molar-refractivity contribution in [3.63, 3.8) is 0 Å². The summed E-state index contributed by atoms with van der Waals surface area (Å²) < 4.78 is 5.19. The number of hydrogen-bond donors (Lipinski definition) is 0. The molecule has 0 amide bonds. The first-order valence-corrected chi connectivity index (χ1v) is 4.70. The molecular formula is C7H11IO2. The maximum absolute atomic E-state index is 10.5. The summed E-state index contributed by atoms with van der Waals surface area (Å²) in [5.74, 6) is -0.152. The zero-order valence-corrected chi connectivity index (χ0v) is 8.13. The standard InChI is InChI=1S/C7H11IO2/c1-2-3-4-5-10-7(9)6-8/h3-4H,2,5-6H2,1H3/b4-3-. The molecule has 0 saturated heterocycles. The minimum atomic E-state index is -0.152. The fourth-order valence-electron chi connectivity index (χ4n) is 0.414. The predicted octanol–water partition coefficient (Wildman–Crippen LogP) is 1.93. The van der Waals surface area contributed by atoms with Gasteiger partial charge in [0.25, 0.3) is 0 Å². The van der Waals surface area contributed by atoms with E-state index in [1.54, 1.807) is 0 Å². The van der Waals surface area contributed by atoms with Crippen LogP contribution in [0.5, 0.6) is 0 Å². The van der Waals surface area contributed by atoms with Crippen molar-refractivity contribution in [1.82, 2.24) is 0 Å². The molecule has 0 aliphatic rings.